The molecular weight excluding hydrogens is 298 g/mol. The van der Waals surface area contributed by atoms with Crippen LogP contribution in [0.5, 0.6) is 0 Å². The van der Waals surface area contributed by atoms with Gasteiger partial charge in [0.05, 0.1) is 13.2 Å². The molecular formula is C16H21N3O4. The Labute approximate surface area is 134 Å². The fourth-order valence-corrected chi connectivity index (χ4v) is 2.29. The number of carbonyl (C=O) groups is 2. The van der Waals surface area contributed by atoms with Crippen LogP contribution in [-0.2, 0) is 25.5 Å². The summed E-state index contributed by atoms with van der Waals surface area (Å²) in [5, 5.41) is 3.61. The van der Waals surface area contributed by atoms with E-state index in [0.717, 1.165) is 16.5 Å². The molecule has 0 aliphatic carbocycles. The number of nitrogens with two attached hydrogens (primary N) is 1. The maximum atomic E-state index is 11.8. The van der Waals surface area contributed by atoms with Crippen LogP contribution in [0, 0.1) is 0 Å². The third kappa shape index (κ3) is 4.80. The number of aromatic nitrogens is 1. The molecule has 23 heavy (non-hydrogen) atoms. The monoisotopic (exact) mass is 319 g/mol. The number of hydrogen-bond acceptors (Lipinski definition) is 4. The van der Waals surface area contributed by atoms with Gasteiger partial charge in [0.2, 0.25) is 11.8 Å². The van der Waals surface area contributed by atoms with Crippen molar-refractivity contribution < 1.29 is 19.1 Å². The summed E-state index contributed by atoms with van der Waals surface area (Å²) in [6.07, 6.45) is 2.14. The zero-order chi connectivity index (χ0) is 16.7. The first-order chi connectivity index (χ1) is 11.1. The number of rotatable bonds is 9. The summed E-state index contributed by atoms with van der Waals surface area (Å²) < 4.78 is 9.95. The van der Waals surface area contributed by atoms with Crippen molar-refractivity contribution in [1.82, 2.24) is 10.3 Å². The molecule has 2 aromatic rings. The van der Waals surface area contributed by atoms with Crippen LogP contribution in [0.3, 0.4) is 0 Å². The summed E-state index contributed by atoms with van der Waals surface area (Å²) in [5.74, 6) is -0.967. The van der Waals surface area contributed by atoms with Gasteiger partial charge in [0.1, 0.15) is 12.6 Å². The standard InChI is InChI=1S/C16H21N3O4/c1-22-6-7-23-10-15(20)19-14(16(17)21)8-11-9-18-13-5-3-2-4-12(11)13/h2-5,9,14,18H,6-8,10H2,1H3,(H2,17,21)(H,19,20)/t14-/m1/s1. The van der Waals surface area contributed by atoms with E-state index in [1.807, 2.05) is 30.5 Å². The number of amides is 2. The van der Waals surface area contributed by atoms with E-state index in [1.54, 1.807) is 7.11 Å². The summed E-state index contributed by atoms with van der Waals surface area (Å²) in [7, 11) is 1.55. The lowest BCUT2D eigenvalue weighted by atomic mass is 10.0. The number of para-hydroxylation sites is 1. The summed E-state index contributed by atoms with van der Waals surface area (Å²) in [6, 6.07) is 6.96. The highest BCUT2D eigenvalue weighted by Crippen LogP contribution is 2.19. The molecule has 0 bridgehead atoms. The van der Waals surface area contributed by atoms with Crippen molar-refractivity contribution in [3.63, 3.8) is 0 Å². The number of benzene rings is 1. The lowest BCUT2D eigenvalue weighted by Gasteiger charge is -2.15. The van der Waals surface area contributed by atoms with Gasteiger partial charge in [-0.1, -0.05) is 18.2 Å². The third-order valence-electron chi connectivity index (χ3n) is 3.44. The van der Waals surface area contributed by atoms with E-state index >= 15 is 0 Å². The molecule has 7 heteroatoms. The highest BCUT2D eigenvalue weighted by atomic mass is 16.5. The quantitative estimate of drug-likeness (QED) is 0.580. The Balaban J connectivity index is 1.96. The second-order valence-corrected chi connectivity index (χ2v) is 5.13. The zero-order valence-corrected chi connectivity index (χ0v) is 13.0. The van der Waals surface area contributed by atoms with Crippen LogP contribution in [0.25, 0.3) is 10.9 Å². The third-order valence-corrected chi connectivity index (χ3v) is 3.44. The minimum absolute atomic E-state index is 0.138. The van der Waals surface area contributed by atoms with Crippen LogP contribution < -0.4 is 11.1 Å². The van der Waals surface area contributed by atoms with Crippen LogP contribution in [0.2, 0.25) is 0 Å². The fourth-order valence-electron chi connectivity index (χ4n) is 2.29. The molecule has 1 aromatic heterocycles. The van der Waals surface area contributed by atoms with Crippen LogP contribution >= 0.6 is 0 Å². The van der Waals surface area contributed by atoms with Gasteiger partial charge in [0, 0.05) is 30.6 Å². The van der Waals surface area contributed by atoms with Crippen molar-refractivity contribution in [3.8, 4) is 0 Å². The smallest absolute Gasteiger partial charge is 0.246 e. The van der Waals surface area contributed by atoms with Gasteiger partial charge in [-0.3, -0.25) is 9.59 Å². The Morgan fingerprint density at radius 1 is 1.30 bits per heavy atom. The molecule has 124 valence electrons. The second-order valence-electron chi connectivity index (χ2n) is 5.13. The van der Waals surface area contributed by atoms with E-state index < -0.39 is 11.9 Å². The molecule has 1 atom stereocenters. The van der Waals surface area contributed by atoms with Crippen molar-refractivity contribution in [2.24, 2.45) is 5.73 Å². The molecule has 7 nitrogen and oxygen atoms in total. The number of methoxy groups -OCH3 is 1. The van der Waals surface area contributed by atoms with Crippen LogP contribution in [0.15, 0.2) is 30.5 Å². The van der Waals surface area contributed by atoms with Gasteiger partial charge in [0.25, 0.3) is 0 Å². The van der Waals surface area contributed by atoms with Crippen LogP contribution in [0.1, 0.15) is 5.56 Å². The number of primary amides is 1. The van der Waals surface area contributed by atoms with Gasteiger partial charge in [0.15, 0.2) is 0 Å². The van der Waals surface area contributed by atoms with Gasteiger partial charge >= 0.3 is 0 Å². The van der Waals surface area contributed by atoms with Gasteiger partial charge in [-0.15, -0.1) is 0 Å². The molecule has 2 amide bonds. The first kappa shape index (κ1) is 17.0. The average molecular weight is 319 g/mol. The predicted octanol–water partition coefficient (Wildman–Crippen LogP) is 0.344. The molecule has 2 rings (SSSR count). The summed E-state index contributed by atoms with van der Waals surface area (Å²) >= 11 is 0. The highest BCUT2D eigenvalue weighted by molar-refractivity contribution is 5.89. The summed E-state index contributed by atoms with van der Waals surface area (Å²) in [4.78, 5) is 26.6. The first-order valence-corrected chi connectivity index (χ1v) is 7.32. The molecule has 0 unspecified atom stereocenters. The highest BCUT2D eigenvalue weighted by Gasteiger charge is 2.20. The first-order valence-electron chi connectivity index (χ1n) is 7.32. The van der Waals surface area contributed by atoms with E-state index in [9.17, 15) is 9.59 Å². The fraction of sp³-hybridized carbons (Fsp3) is 0.375. The Morgan fingerprint density at radius 2 is 2.09 bits per heavy atom. The summed E-state index contributed by atoms with van der Waals surface area (Å²) in [6.45, 7) is 0.580. The average Bonchev–Trinajstić information content (AvgIpc) is 2.94. The van der Waals surface area contributed by atoms with Gasteiger partial charge in [-0.25, -0.2) is 0 Å². The largest absolute Gasteiger partial charge is 0.382 e. The predicted molar refractivity (Wildman–Crippen MR) is 85.8 cm³/mol. The Bertz CT molecular complexity index is 668. The van der Waals surface area contributed by atoms with Gasteiger partial charge < -0.3 is 25.5 Å². The van der Waals surface area contributed by atoms with Crippen LogP contribution in [0.4, 0.5) is 0 Å². The van der Waals surface area contributed by atoms with Gasteiger partial charge in [-0.2, -0.15) is 0 Å². The number of nitrogens with one attached hydrogen (secondary N) is 2. The van der Waals surface area contributed by atoms with E-state index in [4.69, 9.17) is 15.2 Å². The van der Waals surface area contributed by atoms with E-state index in [2.05, 4.69) is 10.3 Å². The lowest BCUT2D eigenvalue weighted by Crippen LogP contribution is -2.47. The Morgan fingerprint density at radius 3 is 2.83 bits per heavy atom. The number of H-pyrrole nitrogens is 1. The molecule has 0 saturated heterocycles. The maximum Gasteiger partial charge on any atom is 0.246 e. The Kier molecular flexibility index (Phi) is 6.13. The molecule has 0 fully saturated rings. The number of aromatic amines is 1. The minimum Gasteiger partial charge on any atom is -0.382 e. The topological polar surface area (TPSA) is 106 Å². The molecule has 1 heterocycles. The second kappa shape index (κ2) is 8.30. The normalized spacial score (nSPS) is 12.2. The number of ether oxygens (including phenoxy) is 2. The van der Waals surface area contributed by atoms with E-state index in [-0.39, 0.29) is 12.5 Å². The lowest BCUT2D eigenvalue weighted by molar-refractivity contribution is -0.130. The molecule has 1 aromatic carbocycles. The molecule has 0 radical (unpaired) electrons. The maximum absolute atomic E-state index is 11.8. The molecule has 0 aliphatic rings. The zero-order valence-electron chi connectivity index (χ0n) is 13.0. The molecule has 0 spiro atoms. The molecule has 0 aliphatic heterocycles. The van der Waals surface area contributed by atoms with Crippen molar-refractivity contribution in [3.05, 3.63) is 36.0 Å². The van der Waals surface area contributed by atoms with E-state index in [0.29, 0.717) is 19.6 Å². The van der Waals surface area contributed by atoms with Crippen molar-refractivity contribution in [1.29, 1.82) is 0 Å². The van der Waals surface area contributed by atoms with E-state index in [1.165, 1.54) is 0 Å². The van der Waals surface area contributed by atoms with Gasteiger partial charge in [-0.05, 0) is 11.6 Å². The summed E-state index contributed by atoms with van der Waals surface area (Å²) in [5.41, 5.74) is 7.29. The molecule has 4 N–H and O–H groups in total. The SMILES string of the molecule is COCCOCC(=O)N[C@H](Cc1c[nH]c2ccccc12)C(N)=O. The molecule has 0 saturated carbocycles. The minimum atomic E-state index is -0.785. The van der Waals surface area contributed by atoms with Crippen molar-refractivity contribution >= 4 is 22.7 Å². The number of hydrogen-bond donors (Lipinski definition) is 3. The van der Waals surface area contributed by atoms with Crippen LogP contribution in [-0.4, -0.2) is 49.8 Å². The van der Waals surface area contributed by atoms with Crippen molar-refractivity contribution in [2.45, 2.75) is 12.5 Å². The van der Waals surface area contributed by atoms with Crippen molar-refractivity contribution in [2.75, 3.05) is 26.9 Å². The number of carbonyl (C=O) groups excluding carboxylic acids is 2. The number of fused-ring (bicyclic) bond motifs is 1. The Hall–Kier alpha value is -2.38.